The molecule has 11 nitrogen and oxygen atoms in total. The van der Waals surface area contributed by atoms with E-state index in [0.29, 0.717) is 39.5 Å². The molecule has 0 fully saturated rings. The SMILES string of the molecule is CCCCCCCCCCCCCCCCCCOCCCOCCCOCCCOCCC[Si](C)(O[Si](C)(C)O[Si](C)(C)C)O[Si](C)(CCCOCC(O)O)O[Si](C)(C)C. The Hall–Kier alpha value is 0.644. The van der Waals surface area contributed by atoms with Crippen LogP contribution >= 0.6 is 0 Å². The summed E-state index contributed by atoms with van der Waals surface area (Å²) >= 11 is 0. The van der Waals surface area contributed by atoms with E-state index in [4.69, 9.17) is 50.4 Å². The first-order valence-electron chi connectivity index (χ1n) is 24.9. The maximum Gasteiger partial charge on any atom is 0.317 e. The van der Waals surface area contributed by atoms with E-state index in [1.54, 1.807) is 0 Å². The number of hydrogen-bond acceptors (Lipinski definition) is 11. The molecule has 16 heteroatoms. The molecule has 2 atom stereocenters. The molecule has 0 rings (SSSR count). The van der Waals surface area contributed by atoms with Crippen LogP contribution in [-0.2, 0) is 40.1 Å². The monoisotopic (exact) mass is 959 g/mol. The van der Waals surface area contributed by atoms with Gasteiger partial charge in [0.2, 0.25) is 0 Å². The smallest absolute Gasteiger partial charge is 0.317 e. The van der Waals surface area contributed by atoms with Gasteiger partial charge in [-0.15, -0.1) is 0 Å². The average Bonchev–Trinajstić information content (AvgIpc) is 3.12. The molecule has 0 bridgehead atoms. The highest BCUT2D eigenvalue weighted by Gasteiger charge is 2.48. The highest BCUT2D eigenvalue weighted by molar-refractivity contribution is 6.90. The number of hydrogen-bond donors (Lipinski definition) is 2. The summed E-state index contributed by atoms with van der Waals surface area (Å²) in [6.07, 6.45) is 25.1. The lowest BCUT2D eigenvalue weighted by Crippen LogP contribution is -2.60. The fourth-order valence-electron chi connectivity index (χ4n) is 7.76. The topological polar surface area (TPSA) is 124 Å². The molecule has 368 valence electrons. The number of aliphatic hydroxyl groups is 2. The zero-order chi connectivity index (χ0) is 45.8. The Balaban J connectivity index is 4.11. The molecule has 61 heavy (non-hydrogen) atoms. The highest BCUT2D eigenvalue weighted by Crippen LogP contribution is 2.32. The van der Waals surface area contributed by atoms with E-state index < -0.39 is 48.6 Å². The van der Waals surface area contributed by atoms with Gasteiger partial charge >= 0.3 is 25.7 Å². The van der Waals surface area contributed by atoms with Crippen molar-refractivity contribution in [3.8, 4) is 0 Å². The molecule has 0 heterocycles. The van der Waals surface area contributed by atoms with Gasteiger partial charge in [-0.25, -0.2) is 0 Å². The van der Waals surface area contributed by atoms with Crippen molar-refractivity contribution < 1.29 is 50.4 Å². The minimum absolute atomic E-state index is 0.102. The third kappa shape index (κ3) is 44.3. The maximum absolute atomic E-state index is 9.16. The minimum atomic E-state index is -2.76. The van der Waals surface area contributed by atoms with Crippen molar-refractivity contribution in [2.45, 2.75) is 226 Å². The van der Waals surface area contributed by atoms with Gasteiger partial charge in [0.1, 0.15) is 0 Å². The Morgan fingerprint density at radius 3 is 1.00 bits per heavy atom. The Morgan fingerprint density at radius 1 is 0.328 bits per heavy atom. The summed E-state index contributed by atoms with van der Waals surface area (Å²) in [7, 11) is -11.7. The lowest BCUT2D eigenvalue weighted by molar-refractivity contribution is -0.0945. The predicted molar refractivity (Wildman–Crippen MR) is 266 cm³/mol. The number of aliphatic hydroxyl groups excluding tert-OH is 1. The van der Waals surface area contributed by atoms with E-state index >= 15 is 0 Å². The Labute approximate surface area is 382 Å². The van der Waals surface area contributed by atoms with Crippen molar-refractivity contribution in [2.24, 2.45) is 0 Å². The largest absolute Gasteiger partial charge is 0.437 e. The van der Waals surface area contributed by atoms with Crippen molar-refractivity contribution in [1.29, 1.82) is 0 Å². The lowest BCUT2D eigenvalue weighted by Gasteiger charge is -2.44. The van der Waals surface area contributed by atoms with Gasteiger partial charge in [-0.3, -0.25) is 0 Å². The second-order valence-electron chi connectivity index (χ2n) is 19.9. The van der Waals surface area contributed by atoms with Crippen LogP contribution in [0.1, 0.15) is 142 Å². The van der Waals surface area contributed by atoms with Crippen molar-refractivity contribution in [2.75, 3.05) is 66.1 Å². The van der Waals surface area contributed by atoms with E-state index in [1.165, 1.54) is 103 Å². The zero-order valence-electron chi connectivity index (χ0n) is 42.0. The highest BCUT2D eigenvalue weighted by atomic mass is 28.5. The number of unbranched alkanes of at least 4 members (excludes halogenated alkanes) is 15. The third-order valence-electron chi connectivity index (χ3n) is 9.95. The van der Waals surface area contributed by atoms with Crippen LogP contribution in [-0.4, -0.2) is 125 Å². The lowest BCUT2D eigenvalue weighted by atomic mass is 10.0. The minimum Gasteiger partial charge on any atom is -0.437 e. The summed E-state index contributed by atoms with van der Waals surface area (Å²) in [5.74, 6) is 0. The second-order valence-corrected chi connectivity index (χ2v) is 39.9. The molecule has 0 aromatic carbocycles. The molecular weight excluding hydrogens is 857 g/mol. The summed E-state index contributed by atoms with van der Waals surface area (Å²) < 4.78 is 56.5. The summed E-state index contributed by atoms with van der Waals surface area (Å²) in [5, 5.41) is 18.3. The molecular formula is C45H102O11Si5. The second kappa shape index (κ2) is 37.7. The first-order valence-corrected chi connectivity index (χ1v) is 39.5. The maximum atomic E-state index is 9.16. The van der Waals surface area contributed by atoms with Crippen molar-refractivity contribution >= 4 is 42.3 Å². The van der Waals surface area contributed by atoms with Gasteiger partial charge in [0, 0.05) is 59.5 Å². The van der Waals surface area contributed by atoms with Gasteiger partial charge in [0.05, 0.1) is 6.61 Å². The summed E-state index contributed by atoms with van der Waals surface area (Å²) in [5.41, 5.74) is 0. The Kier molecular flexibility index (Phi) is 38.1. The van der Waals surface area contributed by atoms with E-state index in [2.05, 4.69) is 72.4 Å². The van der Waals surface area contributed by atoms with Crippen LogP contribution in [0.25, 0.3) is 0 Å². The fourth-order valence-corrected chi connectivity index (χ4v) is 31.5. The summed E-state index contributed by atoms with van der Waals surface area (Å²) in [6.45, 7) is 30.2. The molecule has 0 aliphatic heterocycles. The predicted octanol–water partition coefficient (Wildman–Crippen LogP) is 12.2. The van der Waals surface area contributed by atoms with Crippen LogP contribution < -0.4 is 0 Å². The molecule has 2 N–H and O–H groups in total. The number of rotatable bonds is 47. The van der Waals surface area contributed by atoms with Gasteiger partial charge in [-0.2, -0.15) is 0 Å². The van der Waals surface area contributed by atoms with Crippen LogP contribution in [0, 0.1) is 0 Å². The molecule has 0 aromatic heterocycles. The molecule has 0 aliphatic carbocycles. The molecule has 0 aliphatic rings. The summed E-state index contributed by atoms with van der Waals surface area (Å²) in [4.78, 5) is 0. The molecule has 2 unspecified atom stereocenters. The Morgan fingerprint density at radius 2 is 0.639 bits per heavy atom. The van der Waals surface area contributed by atoms with Crippen LogP contribution in [0.2, 0.25) is 77.6 Å². The van der Waals surface area contributed by atoms with Crippen LogP contribution in [0.3, 0.4) is 0 Å². The molecule has 0 saturated carbocycles. The average molecular weight is 960 g/mol. The normalized spacial score (nSPS) is 14.9. The molecule has 0 spiro atoms. The molecule has 0 radical (unpaired) electrons. The van der Waals surface area contributed by atoms with Crippen LogP contribution in [0.5, 0.6) is 0 Å². The van der Waals surface area contributed by atoms with Crippen LogP contribution in [0.4, 0.5) is 0 Å². The van der Waals surface area contributed by atoms with Gasteiger partial charge in [-0.05, 0) is 116 Å². The van der Waals surface area contributed by atoms with Crippen molar-refractivity contribution in [3.63, 3.8) is 0 Å². The standard InChI is InChI=1S/C45H102O11Si5/c1-12-13-14-15-16-17-18-19-20-21-22-23-24-25-26-27-33-48-34-28-35-49-36-29-37-50-38-30-39-51-40-31-43-61(11,55-59(8,9)53-57(2,3)4)56-60(10,54-58(5,6)7)42-32-41-52-44-45(46)47/h45-47H,12-44H2,1-11H3. The molecule has 0 saturated heterocycles. The van der Waals surface area contributed by atoms with E-state index in [-0.39, 0.29) is 6.61 Å². The summed E-state index contributed by atoms with van der Waals surface area (Å²) in [6, 6.07) is 1.52. The number of ether oxygens (including phenoxy) is 5. The van der Waals surface area contributed by atoms with E-state index in [0.717, 1.165) is 64.2 Å². The zero-order valence-corrected chi connectivity index (χ0v) is 47.0. The van der Waals surface area contributed by atoms with E-state index in [9.17, 15) is 0 Å². The third-order valence-corrected chi connectivity index (χ3v) is 28.2. The fraction of sp³-hybridized carbons (Fsp3) is 1.00. The van der Waals surface area contributed by atoms with Crippen molar-refractivity contribution in [1.82, 2.24) is 0 Å². The van der Waals surface area contributed by atoms with Crippen molar-refractivity contribution in [3.05, 3.63) is 0 Å². The quantitative estimate of drug-likeness (QED) is 0.0344. The van der Waals surface area contributed by atoms with Gasteiger partial charge in [-0.1, -0.05) is 103 Å². The Bertz CT molecular complexity index is 974. The first-order chi connectivity index (χ1) is 28.8. The van der Waals surface area contributed by atoms with Crippen LogP contribution in [0.15, 0.2) is 0 Å². The van der Waals surface area contributed by atoms with Gasteiger partial charge in [0.25, 0.3) is 0 Å². The molecule has 0 amide bonds. The van der Waals surface area contributed by atoms with E-state index in [1.807, 2.05) is 0 Å². The first kappa shape index (κ1) is 61.6. The molecule has 0 aromatic rings. The van der Waals surface area contributed by atoms with Gasteiger partial charge < -0.3 is 50.4 Å². The van der Waals surface area contributed by atoms with Gasteiger partial charge in [0.15, 0.2) is 22.9 Å².